The van der Waals surface area contributed by atoms with Gasteiger partial charge in [-0.05, 0) is 25.5 Å². The molecular weight excluding hydrogens is 314 g/mol. The van der Waals surface area contributed by atoms with Crippen molar-refractivity contribution in [2.45, 2.75) is 20.3 Å². The van der Waals surface area contributed by atoms with Crippen LogP contribution in [0.1, 0.15) is 17.5 Å². The lowest BCUT2D eigenvalue weighted by Crippen LogP contribution is -2.40. The second kappa shape index (κ2) is 9.54. The molecule has 0 aromatic heterocycles. The second-order valence-corrected chi connectivity index (χ2v) is 5.28. The third-order valence-corrected chi connectivity index (χ3v) is 3.40. The van der Waals surface area contributed by atoms with Gasteiger partial charge < -0.3 is 19.1 Å². The number of amides is 1. The number of carbonyl (C=O) groups excluding carboxylic acids is 3. The van der Waals surface area contributed by atoms with Crippen LogP contribution in [0.4, 0.5) is 0 Å². The Labute approximate surface area is 141 Å². The fourth-order valence-corrected chi connectivity index (χ4v) is 2.03. The van der Waals surface area contributed by atoms with Crippen molar-refractivity contribution >= 4 is 17.8 Å². The molecule has 1 aromatic carbocycles. The lowest BCUT2D eigenvalue weighted by atomic mass is 10.1. The fourth-order valence-electron chi connectivity index (χ4n) is 2.03. The number of ether oxygens (including phenoxy) is 3. The summed E-state index contributed by atoms with van der Waals surface area (Å²) in [5.41, 5.74) is 2.01. The van der Waals surface area contributed by atoms with Gasteiger partial charge in [-0.1, -0.05) is 17.7 Å². The Morgan fingerprint density at radius 1 is 1.04 bits per heavy atom. The van der Waals surface area contributed by atoms with Crippen molar-refractivity contribution in [1.29, 1.82) is 0 Å². The topological polar surface area (TPSA) is 82.1 Å². The number of aryl methyl sites for hydroxylation is 2. The Bertz CT molecular complexity index is 599. The van der Waals surface area contributed by atoms with E-state index in [9.17, 15) is 14.4 Å². The molecule has 7 heteroatoms. The van der Waals surface area contributed by atoms with Crippen molar-refractivity contribution in [3.8, 4) is 5.75 Å². The van der Waals surface area contributed by atoms with E-state index in [-0.39, 0.29) is 26.1 Å². The largest absolute Gasteiger partial charge is 0.484 e. The third-order valence-electron chi connectivity index (χ3n) is 3.40. The van der Waals surface area contributed by atoms with E-state index in [1.54, 1.807) is 6.07 Å². The van der Waals surface area contributed by atoms with Crippen molar-refractivity contribution < 1.29 is 28.6 Å². The van der Waals surface area contributed by atoms with Crippen molar-refractivity contribution in [2.24, 2.45) is 0 Å². The number of nitrogens with zero attached hydrogens (tertiary/aromatic N) is 1. The van der Waals surface area contributed by atoms with Gasteiger partial charge in [-0.3, -0.25) is 14.4 Å². The van der Waals surface area contributed by atoms with E-state index in [4.69, 9.17) is 4.74 Å². The minimum Gasteiger partial charge on any atom is -0.484 e. The van der Waals surface area contributed by atoms with Crippen LogP contribution in [0.5, 0.6) is 5.75 Å². The molecule has 0 heterocycles. The highest BCUT2D eigenvalue weighted by molar-refractivity contribution is 5.83. The number of rotatable bonds is 8. The highest BCUT2D eigenvalue weighted by atomic mass is 16.5. The van der Waals surface area contributed by atoms with E-state index in [0.717, 1.165) is 11.1 Å². The molecule has 0 fully saturated rings. The van der Waals surface area contributed by atoms with Crippen LogP contribution in [0, 0.1) is 13.8 Å². The zero-order valence-corrected chi connectivity index (χ0v) is 14.5. The molecule has 0 spiro atoms. The summed E-state index contributed by atoms with van der Waals surface area (Å²) in [7, 11) is 2.50. The number of esters is 2. The minimum absolute atomic E-state index is 0.0111. The van der Waals surface area contributed by atoms with Crippen LogP contribution < -0.4 is 4.74 Å². The van der Waals surface area contributed by atoms with Gasteiger partial charge in [-0.15, -0.1) is 0 Å². The Kier molecular flexibility index (Phi) is 7.74. The summed E-state index contributed by atoms with van der Waals surface area (Å²) in [4.78, 5) is 36.2. The van der Waals surface area contributed by atoms with Gasteiger partial charge in [-0.2, -0.15) is 0 Å². The number of carbonyl (C=O) groups is 3. The van der Waals surface area contributed by atoms with Gasteiger partial charge in [0.15, 0.2) is 6.61 Å². The Morgan fingerprint density at radius 3 is 2.29 bits per heavy atom. The minimum atomic E-state index is -0.570. The summed E-state index contributed by atoms with van der Waals surface area (Å²) in [6, 6.07) is 5.62. The predicted molar refractivity (Wildman–Crippen MR) is 86.6 cm³/mol. The molecule has 132 valence electrons. The van der Waals surface area contributed by atoms with Gasteiger partial charge >= 0.3 is 11.9 Å². The molecule has 1 rings (SSSR count). The molecule has 0 aliphatic heterocycles. The molecule has 0 atom stereocenters. The number of benzene rings is 1. The van der Waals surface area contributed by atoms with Crippen LogP contribution in [0.25, 0.3) is 0 Å². The normalized spacial score (nSPS) is 10.0. The summed E-state index contributed by atoms with van der Waals surface area (Å²) in [6.45, 7) is 3.42. The first-order valence-electron chi connectivity index (χ1n) is 7.48. The molecule has 0 radical (unpaired) electrons. The molecule has 24 heavy (non-hydrogen) atoms. The van der Waals surface area contributed by atoms with E-state index < -0.39 is 17.8 Å². The van der Waals surface area contributed by atoms with Crippen LogP contribution in [-0.2, 0) is 23.9 Å². The average Bonchev–Trinajstić information content (AvgIpc) is 2.56. The van der Waals surface area contributed by atoms with Gasteiger partial charge in [0.25, 0.3) is 5.91 Å². The summed E-state index contributed by atoms with van der Waals surface area (Å²) < 4.78 is 14.6. The molecular formula is C17H23NO6. The predicted octanol–water partition coefficient (Wildman–Crippen LogP) is 1.25. The van der Waals surface area contributed by atoms with Gasteiger partial charge in [0.1, 0.15) is 12.3 Å². The number of hydrogen-bond donors (Lipinski definition) is 0. The van der Waals surface area contributed by atoms with Gasteiger partial charge in [0.2, 0.25) is 0 Å². The highest BCUT2D eigenvalue weighted by Gasteiger charge is 2.19. The molecule has 0 aliphatic rings. The molecule has 0 saturated heterocycles. The van der Waals surface area contributed by atoms with Gasteiger partial charge in [-0.25, -0.2) is 0 Å². The first kappa shape index (κ1) is 19.5. The standard InChI is InChI=1S/C17H23NO6/c1-12-5-6-14(13(2)9-12)24-11-15(19)18(10-17(21)23-4)8-7-16(20)22-3/h5-6,9H,7-8,10-11H2,1-4H3. The van der Waals surface area contributed by atoms with Crippen LogP contribution in [-0.4, -0.2) is 56.7 Å². The molecule has 7 nitrogen and oxygen atoms in total. The first-order valence-corrected chi connectivity index (χ1v) is 7.48. The van der Waals surface area contributed by atoms with Crippen molar-refractivity contribution in [1.82, 2.24) is 4.90 Å². The monoisotopic (exact) mass is 337 g/mol. The number of hydrogen-bond acceptors (Lipinski definition) is 6. The molecule has 1 amide bonds. The van der Waals surface area contributed by atoms with E-state index in [1.807, 2.05) is 26.0 Å². The highest BCUT2D eigenvalue weighted by Crippen LogP contribution is 2.18. The maximum absolute atomic E-state index is 12.3. The van der Waals surface area contributed by atoms with Gasteiger partial charge in [0.05, 0.1) is 20.6 Å². The van der Waals surface area contributed by atoms with Crippen molar-refractivity contribution in [3.05, 3.63) is 29.3 Å². The smallest absolute Gasteiger partial charge is 0.325 e. The summed E-state index contributed by atoms with van der Waals surface area (Å²) >= 11 is 0. The zero-order chi connectivity index (χ0) is 18.1. The quantitative estimate of drug-likeness (QED) is 0.664. The molecule has 0 aliphatic carbocycles. The van der Waals surface area contributed by atoms with E-state index in [1.165, 1.54) is 19.1 Å². The van der Waals surface area contributed by atoms with Crippen LogP contribution in [0.15, 0.2) is 18.2 Å². The number of methoxy groups -OCH3 is 2. The van der Waals surface area contributed by atoms with Crippen molar-refractivity contribution in [2.75, 3.05) is 33.9 Å². The molecule has 0 saturated carbocycles. The van der Waals surface area contributed by atoms with Crippen molar-refractivity contribution in [3.63, 3.8) is 0 Å². The molecule has 0 unspecified atom stereocenters. The average molecular weight is 337 g/mol. The van der Waals surface area contributed by atoms with Crippen LogP contribution in [0.3, 0.4) is 0 Å². The lowest BCUT2D eigenvalue weighted by molar-refractivity contribution is -0.149. The summed E-state index contributed by atoms with van der Waals surface area (Å²) in [5.74, 6) is -0.850. The van der Waals surface area contributed by atoms with E-state index in [2.05, 4.69) is 9.47 Å². The third kappa shape index (κ3) is 6.28. The van der Waals surface area contributed by atoms with E-state index >= 15 is 0 Å². The van der Waals surface area contributed by atoms with Crippen LogP contribution >= 0.6 is 0 Å². The lowest BCUT2D eigenvalue weighted by Gasteiger charge is -2.21. The first-order chi connectivity index (χ1) is 11.4. The molecule has 0 bridgehead atoms. The second-order valence-electron chi connectivity index (χ2n) is 5.28. The van der Waals surface area contributed by atoms with Gasteiger partial charge in [0, 0.05) is 6.54 Å². The fraction of sp³-hybridized carbons (Fsp3) is 0.471. The maximum Gasteiger partial charge on any atom is 0.325 e. The Hall–Kier alpha value is -2.57. The molecule has 0 N–H and O–H groups in total. The van der Waals surface area contributed by atoms with Crippen LogP contribution in [0.2, 0.25) is 0 Å². The zero-order valence-electron chi connectivity index (χ0n) is 14.5. The maximum atomic E-state index is 12.3. The summed E-state index contributed by atoms with van der Waals surface area (Å²) in [6.07, 6.45) is -0.0111. The summed E-state index contributed by atoms with van der Waals surface area (Å²) in [5, 5.41) is 0. The molecule has 1 aromatic rings. The Balaban J connectivity index is 2.68. The van der Waals surface area contributed by atoms with E-state index in [0.29, 0.717) is 5.75 Å². The SMILES string of the molecule is COC(=O)CCN(CC(=O)OC)C(=O)COc1ccc(C)cc1C. The Morgan fingerprint density at radius 2 is 1.71 bits per heavy atom.